The molecule has 0 N–H and O–H groups in total. The zero-order valence-electron chi connectivity index (χ0n) is 24.1. The lowest BCUT2D eigenvalue weighted by Gasteiger charge is -2.26. The van der Waals surface area contributed by atoms with Crippen LogP contribution in [0.25, 0.3) is 44.5 Å². The van der Waals surface area contributed by atoms with Crippen molar-refractivity contribution in [3.8, 4) is 44.5 Å². The maximum absolute atomic E-state index is 3.60. The van der Waals surface area contributed by atoms with E-state index < -0.39 is 0 Å². The summed E-state index contributed by atoms with van der Waals surface area (Å²) in [6.07, 6.45) is 0. The van der Waals surface area contributed by atoms with Gasteiger partial charge in [0.15, 0.2) is 0 Å². The smallest absolute Gasteiger partial charge is 0.0462 e. The van der Waals surface area contributed by atoms with Crippen LogP contribution < -0.4 is 4.90 Å². The molecule has 0 amide bonds. The zero-order valence-corrected chi connectivity index (χ0v) is 25.7. The van der Waals surface area contributed by atoms with E-state index in [0.29, 0.717) is 0 Å². The molecule has 7 aromatic carbocycles. The van der Waals surface area contributed by atoms with Crippen molar-refractivity contribution in [1.82, 2.24) is 0 Å². The van der Waals surface area contributed by atoms with Crippen molar-refractivity contribution in [1.29, 1.82) is 0 Å². The van der Waals surface area contributed by atoms with Gasteiger partial charge < -0.3 is 4.90 Å². The first kappa shape index (κ1) is 27.6. The lowest BCUT2D eigenvalue weighted by molar-refractivity contribution is 1.28. The van der Waals surface area contributed by atoms with Gasteiger partial charge in [-0.25, -0.2) is 0 Å². The van der Waals surface area contributed by atoms with Crippen LogP contribution in [0.4, 0.5) is 17.1 Å². The van der Waals surface area contributed by atoms with Gasteiger partial charge >= 0.3 is 0 Å². The molecular weight excluding hydrogens is 598 g/mol. The standard InChI is InChI=1S/C42H30BrN/c43-37-21-27-40(28-22-37)44(38-23-16-32(17-24-38)31-10-4-1-5-11-31)39-25-18-33(19-26-39)36-20-29-41(34-12-6-2-7-13-34)42(30-36)35-14-8-3-9-15-35/h1-30H. The quantitative estimate of drug-likeness (QED) is 0.170. The van der Waals surface area contributed by atoms with Crippen molar-refractivity contribution in [2.24, 2.45) is 0 Å². The molecule has 0 saturated heterocycles. The van der Waals surface area contributed by atoms with E-state index in [1.807, 2.05) is 0 Å². The monoisotopic (exact) mass is 627 g/mol. The first-order valence-electron chi connectivity index (χ1n) is 14.8. The van der Waals surface area contributed by atoms with Crippen LogP contribution in [0.2, 0.25) is 0 Å². The second kappa shape index (κ2) is 12.6. The van der Waals surface area contributed by atoms with Gasteiger partial charge in [-0.1, -0.05) is 143 Å². The summed E-state index contributed by atoms with van der Waals surface area (Å²) in [7, 11) is 0. The molecule has 7 rings (SSSR count). The molecule has 7 aromatic rings. The Morgan fingerprint density at radius 2 is 0.659 bits per heavy atom. The van der Waals surface area contributed by atoms with Crippen molar-refractivity contribution < 1.29 is 0 Å². The van der Waals surface area contributed by atoms with Crippen LogP contribution in [-0.4, -0.2) is 0 Å². The molecule has 2 heteroatoms. The highest BCUT2D eigenvalue weighted by Crippen LogP contribution is 2.39. The lowest BCUT2D eigenvalue weighted by atomic mass is 9.91. The van der Waals surface area contributed by atoms with Crippen molar-refractivity contribution in [3.63, 3.8) is 0 Å². The third-order valence-electron chi connectivity index (χ3n) is 7.97. The van der Waals surface area contributed by atoms with E-state index in [1.54, 1.807) is 0 Å². The molecule has 1 nitrogen and oxygen atoms in total. The molecule has 0 aliphatic carbocycles. The molecule has 44 heavy (non-hydrogen) atoms. The Bertz CT molecular complexity index is 1970. The number of hydrogen-bond acceptors (Lipinski definition) is 1. The fourth-order valence-corrected chi connectivity index (χ4v) is 5.99. The summed E-state index contributed by atoms with van der Waals surface area (Å²) in [6.45, 7) is 0. The minimum Gasteiger partial charge on any atom is -0.311 e. The largest absolute Gasteiger partial charge is 0.311 e. The van der Waals surface area contributed by atoms with Crippen LogP contribution >= 0.6 is 15.9 Å². The summed E-state index contributed by atoms with van der Waals surface area (Å²) in [6, 6.07) is 64.8. The number of nitrogens with zero attached hydrogens (tertiary/aromatic N) is 1. The van der Waals surface area contributed by atoms with Gasteiger partial charge in [0.2, 0.25) is 0 Å². The van der Waals surface area contributed by atoms with E-state index in [2.05, 4.69) is 203 Å². The van der Waals surface area contributed by atoms with E-state index in [1.165, 1.54) is 44.5 Å². The molecule has 0 bridgehead atoms. The molecule has 210 valence electrons. The number of halogens is 1. The third kappa shape index (κ3) is 5.86. The number of benzene rings is 7. The first-order chi connectivity index (χ1) is 21.7. The summed E-state index contributed by atoms with van der Waals surface area (Å²) in [5.74, 6) is 0. The van der Waals surface area contributed by atoms with Crippen LogP contribution in [0.5, 0.6) is 0 Å². The Morgan fingerprint density at radius 1 is 0.295 bits per heavy atom. The Morgan fingerprint density at radius 3 is 1.16 bits per heavy atom. The molecule has 0 unspecified atom stereocenters. The molecule has 0 aliphatic rings. The van der Waals surface area contributed by atoms with Gasteiger partial charge in [-0.05, 0) is 99.1 Å². The van der Waals surface area contributed by atoms with Crippen molar-refractivity contribution in [2.75, 3.05) is 4.90 Å². The summed E-state index contributed by atoms with van der Waals surface area (Å²) in [5.41, 5.74) is 13.0. The van der Waals surface area contributed by atoms with E-state index in [9.17, 15) is 0 Å². The Balaban J connectivity index is 1.26. The summed E-state index contributed by atoms with van der Waals surface area (Å²) >= 11 is 3.60. The second-order valence-corrected chi connectivity index (χ2v) is 11.7. The van der Waals surface area contributed by atoms with Crippen LogP contribution in [0.1, 0.15) is 0 Å². The SMILES string of the molecule is Brc1ccc(N(c2ccc(-c3ccccc3)cc2)c2ccc(-c3ccc(-c4ccccc4)c(-c4ccccc4)c3)cc2)cc1. The minimum absolute atomic E-state index is 1.06. The summed E-state index contributed by atoms with van der Waals surface area (Å²) in [4.78, 5) is 2.30. The lowest BCUT2D eigenvalue weighted by Crippen LogP contribution is -2.09. The fraction of sp³-hybridized carbons (Fsp3) is 0. The highest BCUT2D eigenvalue weighted by Gasteiger charge is 2.14. The molecule has 0 spiro atoms. The highest BCUT2D eigenvalue weighted by molar-refractivity contribution is 9.10. The average molecular weight is 629 g/mol. The first-order valence-corrected chi connectivity index (χ1v) is 15.6. The van der Waals surface area contributed by atoms with Gasteiger partial charge in [0.1, 0.15) is 0 Å². The summed E-state index contributed by atoms with van der Waals surface area (Å²) < 4.78 is 1.06. The summed E-state index contributed by atoms with van der Waals surface area (Å²) in [5, 5.41) is 0. The van der Waals surface area contributed by atoms with Gasteiger partial charge in [-0.2, -0.15) is 0 Å². The number of rotatable bonds is 7. The van der Waals surface area contributed by atoms with Crippen LogP contribution in [-0.2, 0) is 0 Å². The Labute approximate surface area is 267 Å². The fourth-order valence-electron chi connectivity index (χ4n) is 5.72. The Hall–Kier alpha value is -5.18. The topological polar surface area (TPSA) is 3.24 Å². The normalized spacial score (nSPS) is 10.8. The molecule has 0 saturated carbocycles. The number of hydrogen-bond donors (Lipinski definition) is 0. The third-order valence-corrected chi connectivity index (χ3v) is 8.49. The van der Waals surface area contributed by atoms with Crippen molar-refractivity contribution >= 4 is 33.0 Å². The average Bonchev–Trinajstić information content (AvgIpc) is 3.11. The molecule has 0 aliphatic heterocycles. The second-order valence-electron chi connectivity index (χ2n) is 10.8. The van der Waals surface area contributed by atoms with Crippen LogP contribution in [0.15, 0.2) is 186 Å². The predicted molar refractivity (Wildman–Crippen MR) is 191 cm³/mol. The molecule has 0 aromatic heterocycles. The van der Waals surface area contributed by atoms with Gasteiger partial charge in [-0.15, -0.1) is 0 Å². The van der Waals surface area contributed by atoms with E-state index in [-0.39, 0.29) is 0 Å². The molecule has 0 fully saturated rings. The van der Waals surface area contributed by atoms with Crippen LogP contribution in [0.3, 0.4) is 0 Å². The molecule has 0 atom stereocenters. The van der Waals surface area contributed by atoms with E-state index >= 15 is 0 Å². The minimum atomic E-state index is 1.06. The van der Waals surface area contributed by atoms with Crippen LogP contribution in [0, 0.1) is 0 Å². The Kier molecular flexibility index (Phi) is 7.91. The van der Waals surface area contributed by atoms with E-state index in [0.717, 1.165) is 21.5 Å². The van der Waals surface area contributed by atoms with Gasteiger partial charge in [-0.3, -0.25) is 0 Å². The molecule has 0 heterocycles. The zero-order chi connectivity index (χ0) is 29.7. The van der Waals surface area contributed by atoms with E-state index in [4.69, 9.17) is 0 Å². The maximum Gasteiger partial charge on any atom is 0.0462 e. The number of anilines is 3. The molecular formula is C42H30BrN. The van der Waals surface area contributed by atoms with Crippen molar-refractivity contribution in [2.45, 2.75) is 0 Å². The van der Waals surface area contributed by atoms with Crippen molar-refractivity contribution in [3.05, 3.63) is 186 Å². The predicted octanol–water partition coefficient (Wildman–Crippen LogP) is 12.6. The van der Waals surface area contributed by atoms with Gasteiger partial charge in [0.25, 0.3) is 0 Å². The van der Waals surface area contributed by atoms with Gasteiger partial charge in [0.05, 0.1) is 0 Å². The maximum atomic E-state index is 3.60. The molecule has 0 radical (unpaired) electrons. The van der Waals surface area contributed by atoms with Gasteiger partial charge in [0, 0.05) is 21.5 Å². The highest BCUT2D eigenvalue weighted by atomic mass is 79.9.